The van der Waals surface area contributed by atoms with Crippen molar-refractivity contribution in [1.29, 1.82) is 0 Å². The molecule has 1 aliphatic rings. The molecule has 0 spiro atoms. The van der Waals surface area contributed by atoms with E-state index < -0.39 is 10.0 Å². The molecule has 3 aromatic heterocycles. The summed E-state index contributed by atoms with van der Waals surface area (Å²) in [6, 6.07) is 1.51. The first-order valence-corrected chi connectivity index (χ1v) is 12.3. The zero-order valence-corrected chi connectivity index (χ0v) is 19.6. The van der Waals surface area contributed by atoms with Gasteiger partial charge in [0.25, 0.3) is 15.6 Å². The van der Waals surface area contributed by atoms with Gasteiger partial charge in [0.2, 0.25) is 0 Å². The van der Waals surface area contributed by atoms with Crippen molar-refractivity contribution in [2.24, 2.45) is 7.05 Å². The standard InChI is InChI=1S/C19H26N6O4S2/c1-5-6-12-15-16(24(3)22-12)19(26)21-18(20-15)17-13(29-4)11-14(30-17)31(27,28)25-9-7-23(2)8-10-25/h11H,5-10H2,1-4H3,(H,20,21,26). The highest BCUT2D eigenvalue weighted by Crippen LogP contribution is 2.40. The van der Waals surface area contributed by atoms with Gasteiger partial charge in [0.15, 0.2) is 11.3 Å². The summed E-state index contributed by atoms with van der Waals surface area (Å²) in [4.78, 5) is 22.8. The van der Waals surface area contributed by atoms with Gasteiger partial charge in [0.1, 0.15) is 20.4 Å². The maximum atomic E-state index is 13.2. The summed E-state index contributed by atoms with van der Waals surface area (Å²) in [5.74, 6) is 0.644. The second kappa shape index (κ2) is 8.34. The number of sulfonamides is 1. The maximum absolute atomic E-state index is 13.2. The van der Waals surface area contributed by atoms with Gasteiger partial charge < -0.3 is 14.6 Å². The number of piperazine rings is 1. The van der Waals surface area contributed by atoms with Gasteiger partial charge in [-0.05, 0) is 13.5 Å². The number of hydrogen-bond acceptors (Lipinski definition) is 8. The molecule has 0 radical (unpaired) electrons. The van der Waals surface area contributed by atoms with E-state index in [0.29, 0.717) is 54.3 Å². The Kier molecular flexibility index (Phi) is 5.90. The fourth-order valence-electron chi connectivity index (χ4n) is 3.71. The van der Waals surface area contributed by atoms with Gasteiger partial charge in [-0.25, -0.2) is 13.4 Å². The normalized spacial score (nSPS) is 16.3. The second-order valence-corrected chi connectivity index (χ2v) is 10.8. The van der Waals surface area contributed by atoms with E-state index in [1.165, 1.54) is 22.2 Å². The first kappa shape index (κ1) is 21.9. The van der Waals surface area contributed by atoms with Crippen LogP contribution in [0.1, 0.15) is 19.0 Å². The molecule has 0 unspecified atom stereocenters. The molecule has 1 fully saturated rings. The van der Waals surface area contributed by atoms with Crippen molar-refractivity contribution >= 4 is 32.4 Å². The molecule has 3 aromatic rings. The van der Waals surface area contributed by atoms with E-state index in [-0.39, 0.29) is 15.6 Å². The van der Waals surface area contributed by atoms with Gasteiger partial charge in [-0.2, -0.15) is 9.40 Å². The zero-order valence-electron chi connectivity index (χ0n) is 18.0. The molecule has 1 aliphatic heterocycles. The minimum absolute atomic E-state index is 0.173. The third-order valence-electron chi connectivity index (χ3n) is 5.42. The van der Waals surface area contributed by atoms with E-state index in [4.69, 9.17) is 4.74 Å². The Morgan fingerprint density at radius 3 is 2.58 bits per heavy atom. The Bertz CT molecular complexity index is 1270. The Morgan fingerprint density at radius 2 is 1.94 bits per heavy atom. The molecule has 0 aliphatic carbocycles. The molecule has 12 heteroatoms. The Balaban J connectivity index is 1.80. The van der Waals surface area contributed by atoms with Crippen molar-refractivity contribution in [1.82, 2.24) is 29.0 Å². The maximum Gasteiger partial charge on any atom is 0.277 e. The number of aromatic nitrogens is 4. The number of hydrogen-bond donors (Lipinski definition) is 1. The molecule has 0 bridgehead atoms. The fourth-order valence-corrected chi connectivity index (χ4v) is 6.66. The molecule has 10 nitrogen and oxygen atoms in total. The third kappa shape index (κ3) is 3.88. The largest absolute Gasteiger partial charge is 0.495 e. The quantitative estimate of drug-likeness (QED) is 0.582. The van der Waals surface area contributed by atoms with Crippen molar-refractivity contribution in [2.75, 3.05) is 40.3 Å². The summed E-state index contributed by atoms with van der Waals surface area (Å²) in [7, 11) is 1.50. The predicted octanol–water partition coefficient (Wildman–Crippen LogP) is 1.28. The number of likely N-dealkylation sites (N-methyl/N-ethyl adjacent to an activating group) is 1. The smallest absolute Gasteiger partial charge is 0.277 e. The van der Waals surface area contributed by atoms with E-state index in [9.17, 15) is 13.2 Å². The summed E-state index contributed by atoms with van der Waals surface area (Å²) in [6.07, 6.45) is 1.56. The first-order chi connectivity index (χ1) is 14.8. The van der Waals surface area contributed by atoms with Crippen LogP contribution in [0, 0.1) is 0 Å². The van der Waals surface area contributed by atoms with E-state index in [1.807, 2.05) is 14.0 Å². The lowest BCUT2D eigenvalue weighted by Gasteiger charge is -2.31. The Hall–Kier alpha value is -2.28. The number of nitrogens with one attached hydrogen (secondary N) is 1. The highest BCUT2D eigenvalue weighted by atomic mass is 32.2. The highest BCUT2D eigenvalue weighted by Gasteiger charge is 2.31. The lowest BCUT2D eigenvalue weighted by molar-refractivity contribution is 0.222. The number of rotatable bonds is 6. The molecule has 0 atom stereocenters. The van der Waals surface area contributed by atoms with Gasteiger partial charge in [-0.1, -0.05) is 13.3 Å². The lowest BCUT2D eigenvalue weighted by atomic mass is 10.2. The molecule has 31 heavy (non-hydrogen) atoms. The molecule has 0 amide bonds. The van der Waals surface area contributed by atoms with Crippen LogP contribution in [0.25, 0.3) is 21.7 Å². The average Bonchev–Trinajstić information content (AvgIpc) is 3.31. The number of methoxy groups -OCH3 is 1. The number of nitrogens with zero attached hydrogens (tertiary/aromatic N) is 5. The van der Waals surface area contributed by atoms with E-state index in [1.54, 1.807) is 7.05 Å². The fraction of sp³-hybridized carbons (Fsp3) is 0.526. The summed E-state index contributed by atoms with van der Waals surface area (Å²) in [5.41, 5.74) is 1.35. The van der Waals surface area contributed by atoms with Crippen molar-refractivity contribution in [2.45, 2.75) is 24.0 Å². The number of fused-ring (bicyclic) bond motifs is 1. The number of H-pyrrole nitrogens is 1. The molecular weight excluding hydrogens is 440 g/mol. The van der Waals surface area contributed by atoms with Gasteiger partial charge in [0.05, 0.1) is 12.8 Å². The molecule has 0 aromatic carbocycles. The van der Waals surface area contributed by atoms with Crippen molar-refractivity contribution in [3.05, 3.63) is 22.1 Å². The summed E-state index contributed by atoms with van der Waals surface area (Å²) in [6.45, 7) is 4.27. The molecular formula is C19H26N6O4S2. The molecule has 1 N–H and O–H groups in total. The van der Waals surface area contributed by atoms with Crippen LogP contribution in [0.4, 0.5) is 0 Å². The number of thiophene rings is 1. The predicted molar refractivity (Wildman–Crippen MR) is 119 cm³/mol. The van der Waals surface area contributed by atoms with Crippen LogP contribution in [-0.2, 0) is 23.5 Å². The van der Waals surface area contributed by atoms with Gasteiger partial charge in [-0.3, -0.25) is 9.48 Å². The average molecular weight is 467 g/mol. The van der Waals surface area contributed by atoms with Gasteiger partial charge in [0, 0.05) is 39.3 Å². The SMILES string of the molecule is CCCc1nn(C)c2c(=O)[nH]c(-c3sc(S(=O)(=O)N4CCN(C)CC4)cc3OC)nc12. The van der Waals surface area contributed by atoms with Crippen LogP contribution in [0.3, 0.4) is 0 Å². The summed E-state index contributed by atoms with van der Waals surface area (Å²) in [5, 5.41) is 4.43. The van der Waals surface area contributed by atoms with E-state index in [2.05, 4.69) is 20.0 Å². The van der Waals surface area contributed by atoms with E-state index >= 15 is 0 Å². The van der Waals surface area contributed by atoms with Gasteiger partial charge >= 0.3 is 0 Å². The Labute approximate surface area is 184 Å². The zero-order chi connectivity index (χ0) is 22.3. The summed E-state index contributed by atoms with van der Waals surface area (Å²) >= 11 is 1.05. The van der Waals surface area contributed by atoms with Crippen molar-refractivity contribution in [3.8, 4) is 16.5 Å². The van der Waals surface area contributed by atoms with Crippen LogP contribution >= 0.6 is 11.3 Å². The third-order valence-corrected chi connectivity index (χ3v) is 8.89. The minimum Gasteiger partial charge on any atom is -0.495 e. The monoisotopic (exact) mass is 466 g/mol. The number of ether oxygens (including phenoxy) is 1. The van der Waals surface area contributed by atoms with Crippen molar-refractivity contribution < 1.29 is 13.2 Å². The lowest BCUT2D eigenvalue weighted by Crippen LogP contribution is -2.46. The van der Waals surface area contributed by atoms with Crippen molar-refractivity contribution in [3.63, 3.8) is 0 Å². The van der Waals surface area contributed by atoms with Crippen LogP contribution in [0.5, 0.6) is 5.75 Å². The van der Waals surface area contributed by atoms with E-state index in [0.717, 1.165) is 23.5 Å². The van der Waals surface area contributed by atoms with Crippen LogP contribution in [0.15, 0.2) is 15.1 Å². The molecule has 168 valence electrons. The van der Waals surface area contributed by atoms with Gasteiger partial charge in [-0.15, -0.1) is 11.3 Å². The first-order valence-electron chi connectivity index (χ1n) is 10.1. The topological polar surface area (TPSA) is 113 Å². The van der Waals surface area contributed by atoms with Crippen LogP contribution in [-0.4, -0.2) is 77.7 Å². The number of aryl methyl sites for hydroxylation is 2. The second-order valence-electron chi connectivity index (χ2n) is 7.60. The van der Waals surface area contributed by atoms with Crippen LogP contribution < -0.4 is 10.3 Å². The molecule has 4 rings (SSSR count). The molecule has 1 saturated heterocycles. The molecule has 0 saturated carbocycles. The highest BCUT2D eigenvalue weighted by molar-refractivity contribution is 7.91. The Morgan fingerprint density at radius 1 is 1.23 bits per heavy atom. The minimum atomic E-state index is -3.66. The number of aromatic amines is 1. The van der Waals surface area contributed by atoms with Crippen LogP contribution in [0.2, 0.25) is 0 Å². The molecule has 4 heterocycles. The summed E-state index contributed by atoms with van der Waals surface area (Å²) < 4.78 is 35.0.